The molecule has 8 rings (SSSR count). The predicted octanol–water partition coefficient (Wildman–Crippen LogP) is 3.99. The number of H-pyrrole nitrogens is 2. The Bertz CT molecular complexity index is 3030. The molecule has 75 heavy (non-hydrogen) atoms. The molecule has 0 saturated heterocycles. The number of hydrogen-bond donors (Lipinski definition) is 6. The number of fused-ring (bicyclic) bond motifs is 2. The second-order valence-corrected chi connectivity index (χ2v) is 20.8. The Morgan fingerprint density at radius 3 is 1.33 bits per heavy atom. The van der Waals surface area contributed by atoms with E-state index in [9.17, 15) is 55.1 Å². The van der Waals surface area contributed by atoms with E-state index >= 15 is 0 Å². The smallest absolute Gasteiger partial charge is 0.793 e. The molecule has 2 amide bonds. The molecule has 2 aromatic heterocycles. The second-order valence-electron chi connectivity index (χ2n) is 15.5. The Kier molecular flexibility index (Phi) is 30.3. The molecule has 2 heterocycles. The van der Waals surface area contributed by atoms with Crippen LogP contribution in [-0.2, 0) is 92.2 Å². The zero-order valence-corrected chi connectivity index (χ0v) is 45.8. The zero-order chi connectivity index (χ0) is 54.5. The number of hydrogen-bond acceptors (Lipinski definition) is 13. The normalized spacial score (nSPS) is 13.7. The molecule has 28 heteroatoms. The van der Waals surface area contributed by atoms with Crippen molar-refractivity contribution in [3.05, 3.63) is 119 Å². The molecule has 15 nitrogen and oxygen atoms in total. The largest absolute Gasteiger partial charge is 1.00 e. The minimum atomic E-state index is -0.680. The molecule has 0 unspecified atom stereocenters. The monoisotopic (exact) mass is 1150 g/mol. The fourth-order valence-corrected chi connectivity index (χ4v) is 9.85. The number of nitrogens with two attached hydrogens (primary N) is 3. The minimum absolute atomic E-state index is 0. The third-order valence-electron chi connectivity index (χ3n) is 10.2. The quantitative estimate of drug-likeness (QED) is 0.0547. The van der Waals surface area contributed by atoms with Crippen LogP contribution in [0.5, 0.6) is 0 Å². The van der Waals surface area contributed by atoms with Gasteiger partial charge >= 0.3 is 41.5 Å². The first-order valence-electron chi connectivity index (χ1n) is 21.1. The van der Waals surface area contributed by atoms with Crippen LogP contribution in [0.3, 0.4) is 0 Å². The Morgan fingerprint density at radius 1 is 0.667 bits per heavy atom. The van der Waals surface area contributed by atoms with Crippen LogP contribution in [0.15, 0.2) is 72.8 Å². The summed E-state index contributed by atoms with van der Waals surface area (Å²) in [5.74, 6) is -5.91. The van der Waals surface area contributed by atoms with E-state index in [2.05, 4.69) is 65.9 Å². The number of carbonyl (C=O) groups excluding carboxylic acids is 6. The van der Waals surface area contributed by atoms with Crippen LogP contribution in [0, 0.1) is 34.9 Å². The number of aromatic amines is 2. The van der Waals surface area contributed by atoms with Crippen molar-refractivity contribution in [2.75, 3.05) is 13.1 Å². The Balaban J connectivity index is 0.000000525. The van der Waals surface area contributed by atoms with Gasteiger partial charge in [0.15, 0.2) is 0 Å². The van der Waals surface area contributed by atoms with Crippen LogP contribution >= 0.6 is 0 Å². The van der Waals surface area contributed by atoms with Gasteiger partial charge in [0.1, 0.15) is 40.7 Å². The summed E-state index contributed by atoms with van der Waals surface area (Å²) in [6, 6.07) is 16.1. The van der Waals surface area contributed by atoms with Gasteiger partial charge in [-0.15, -0.1) is 0 Å². The van der Waals surface area contributed by atoms with Crippen LogP contribution in [-0.4, -0.2) is 72.7 Å². The van der Waals surface area contributed by atoms with E-state index in [4.69, 9.17) is 11.5 Å². The third-order valence-corrected chi connectivity index (χ3v) is 14.6. The molecule has 2 fully saturated rings. The van der Waals surface area contributed by atoms with Crippen molar-refractivity contribution < 1.29 is 99.1 Å². The van der Waals surface area contributed by atoms with Gasteiger partial charge in [-0.1, -0.05) is 7.43 Å². The fourth-order valence-electron chi connectivity index (χ4n) is 7.10. The van der Waals surface area contributed by atoms with Crippen molar-refractivity contribution in [3.63, 3.8) is 0 Å². The molecule has 6 aromatic rings. The molecule has 3 radical (unpaired) electrons. The van der Waals surface area contributed by atoms with E-state index in [0.717, 1.165) is 37.1 Å². The zero-order valence-electron chi connectivity index (χ0n) is 39.7. The summed E-state index contributed by atoms with van der Waals surface area (Å²) in [5.41, 5.74) is 19.0. The van der Waals surface area contributed by atoms with E-state index in [0.29, 0.717) is 59.0 Å². The maximum atomic E-state index is 14.3. The molecule has 0 atom stereocenters. The van der Waals surface area contributed by atoms with Gasteiger partial charge in [0.2, 0.25) is 17.8 Å². The molecule has 2 aliphatic rings. The van der Waals surface area contributed by atoms with Crippen LogP contribution < -0.4 is 52.1 Å². The van der Waals surface area contributed by atoms with Crippen LogP contribution in [0.4, 0.5) is 26.3 Å². The summed E-state index contributed by atoms with van der Waals surface area (Å²) in [5, 5.41) is 4.00. The van der Waals surface area contributed by atoms with Crippen LogP contribution in [0.25, 0.3) is 44.3 Å². The van der Waals surface area contributed by atoms with E-state index < -0.39 is 53.0 Å². The molecule has 0 bridgehead atoms. The SMILES string of the molecule is C.CC(=O)OOC(C)=O.NC(=O)CNC1CC(c2c(-c3ccc(F)cc3)[nH]c3c(F)cc(F)cc23)C1.NCC(N)=O.O=C1CC(c2c(-c3ccc(F)cc3)[nH]c3c(F)cc(F)cc23)C1.S=S=S=S=S.[B-]OC(C)=O.[Na+]. The van der Waals surface area contributed by atoms with Gasteiger partial charge in [-0.25, -0.2) is 45.7 Å². The third kappa shape index (κ3) is 21.7. The number of aromatic nitrogens is 2. The van der Waals surface area contributed by atoms with Crippen molar-refractivity contribution in [2.45, 2.75) is 71.8 Å². The number of rotatable bonds is 8. The number of primary amides is 2. The van der Waals surface area contributed by atoms with Crippen molar-refractivity contribution >= 4 is 114 Å². The number of ketones is 1. The maximum absolute atomic E-state index is 14.3. The minimum Gasteiger partial charge on any atom is -0.793 e. The van der Waals surface area contributed by atoms with Gasteiger partial charge in [-0.3, -0.25) is 19.2 Å². The summed E-state index contributed by atoms with van der Waals surface area (Å²) in [6.45, 7) is 3.56. The van der Waals surface area contributed by atoms with Crippen molar-refractivity contribution in [2.24, 2.45) is 17.2 Å². The molecule has 2 aliphatic carbocycles. The van der Waals surface area contributed by atoms with Crippen molar-refractivity contribution in [1.82, 2.24) is 15.3 Å². The number of benzene rings is 4. The molecular weight excluding hydrogens is 1100 g/mol. The van der Waals surface area contributed by atoms with Crippen molar-refractivity contribution in [3.8, 4) is 22.5 Å². The van der Waals surface area contributed by atoms with Gasteiger partial charge in [-0.05, 0) is 102 Å². The van der Waals surface area contributed by atoms with Crippen LogP contribution in [0.2, 0.25) is 0 Å². The Morgan fingerprint density at radius 2 is 1.04 bits per heavy atom. The summed E-state index contributed by atoms with van der Waals surface area (Å²) in [7, 11) is 8.27. The predicted molar refractivity (Wildman–Crippen MR) is 280 cm³/mol. The van der Waals surface area contributed by atoms with Gasteiger partial charge < -0.3 is 45.2 Å². The molecule has 0 aliphatic heterocycles. The average molecular weight is 1150 g/mol. The number of amides is 2. The molecular formula is C47H49BF6N6NaO9S5. The van der Waals surface area contributed by atoms with Crippen LogP contribution in [0.1, 0.15) is 76.8 Å². The van der Waals surface area contributed by atoms with E-state index in [1.807, 2.05) is 0 Å². The number of nitrogens with one attached hydrogen (secondary N) is 3. The topological polar surface area (TPSA) is 252 Å². The summed E-state index contributed by atoms with van der Waals surface area (Å²) >= 11 is 8.89. The van der Waals surface area contributed by atoms with Gasteiger partial charge in [0.05, 0.1) is 35.5 Å². The van der Waals surface area contributed by atoms with Gasteiger partial charge in [0, 0.05) is 117 Å². The first-order chi connectivity index (χ1) is 34.5. The van der Waals surface area contributed by atoms with Gasteiger partial charge in [-0.2, -0.15) is 0 Å². The van der Waals surface area contributed by atoms with E-state index in [1.165, 1.54) is 70.0 Å². The maximum Gasteiger partial charge on any atom is 1.00 e. The number of Topliss-reactive ketones (excluding diaryl/α,β-unsaturated/α-hetero) is 1. The number of halogens is 6. The number of carbonyl (C=O) groups is 6. The first-order valence-corrected chi connectivity index (χ1v) is 26.4. The molecule has 2 saturated carbocycles. The summed E-state index contributed by atoms with van der Waals surface area (Å²) in [4.78, 5) is 74.6. The standard InChI is InChI=1S/C20H18F3N3O.C18H12F3NO.C4H6O4.C2H3BO2.C2H6N2O.CH4.Na.S5/c21-12-3-1-10(2-4-12)19-18(11-5-14(6-11)25-9-17(24)27)15-7-13(22)8-16(23)20(15)26-19;19-11-3-1-9(2-4-11)17-16(10-5-13(23)6-10)14-7-12(20)8-15(21)18(14)22-17;1-3(5)7-8-4(2)6;1-2(4)5-3;3-1-2(4)5;;;1-3-5-4-2/h1-4,7-8,11,14,25-26H,5-6,9H2,(H2,24,27);1-4,7-8,10,22H,5-6H2;1-2H3;1H3;1,3H2,(H2,4,5);1H4;;/q;;;-1;;;+1;. The molecule has 397 valence electrons. The summed E-state index contributed by atoms with van der Waals surface area (Å²) < 4.78 is 85.9. The van der Waals surface area contributed by atoms with Crippen molar-refractivity contribution in [1.29, 1.82) is 0 Å². The molecule has 0 spiro atoms. The Labute approximate surface area is 468 Å². The first kappa shape index (κ1) is 67.7. The van der Waals surface area contributed by atoms with Gasteiger partial charge in [0.25, 0.3) is 0 Å². The van der Waals surface area contributed by atoms with E-state index in [1.54, 1.807) is 24.3 Å². The molecule has 4 aromatic carbocycles. The average Bonchev–Trinajstić information content (AvgIpc) is 3.87. The fraction of sp³-hybridized carbons (Fsp3) is 0.277. The molecule has 9 N–H and O–H groups in total. The Hall–Kier alpha value is -5.36. The van der Waals surface area contributed by atoms with E-state index in [-0.39, 0.29) is 96.4 Å². The summed E-state index contributed by atoms with van der Waals surface area (Å²) in [6.07, 6.45) is 2.15. The second kappa shape index (κ2) is 33.6.